The second-order valence-corrected chi connectivity index (χ2v) is 9.80. The van der Waals surface area contributed by atoms with Gasteiger partial charge in [-0.2, -0.15) is 0 Å². The Balaban J connectivity index is 1.73. The highest BCUT2D eigenvalue weighted by atomic mass is 32.2. The van der Waals surface area contributed by atoms with Crippen molar-refractivity contribution in [1.82, 2.24) is 19.9 Å². The zero-order valence-electron chi connectivity index (χ0n) is 18.3. The van der Waals surface area contributed by atoms with Gasteiger partial charge in [0.05, 0.1) is 16.5 Å². The van der Waals surface area contributed by atoms with Gasteiger partial charge in [0, 0.05) is 46.9 Å². The molecule has 0 bridgehead atoms. The predicted molar refractivity (Wildman–Crippen MR) is 124 cm³/mol. The summed E-state index contributed by atoms with van der Waals surface area (Å²) >= 11 is 0. The maximum absolute atomic E-state index is 15.2. The first-order valence-corrected chi connectivity index (χ1v) is 11.9. The third-order valence-corrected chi connectivity index (χ3v) is 7.39. The number of hydrogen-bond donors (Lipinski definition) is 2. The summed E-state index contributed by atoms with van der Waals surface area (Å²) in [5, 5.41) is -0.205. The Morgan fingerprint density at radius 2 is 1.82 bits per heavy atom. The number of H-pyrrole nitrogens is 1. The van der Waals surface area contributed by atoms with Gasteiger partial charge in [-0.1, -0.05) is 13.0 Å². The minimum absolute atomic E-state index is 0.216. The van der Waals surface area contributed by atoms with Crippen LogP contribution in [0.2, 0.25) is 0 Å². The maximum atomic E-state index is 15.2. The molecule has 1 aromatic carbocycles. The third-order valence-electron chi connectivity index (χ3n) is 5.49. The first-order valence-electron chi connectivity index (χ1n) is 10.3. The minimum Gasteiger partial charge on any atom is -0.345 e. The number of hydrogen-bond acceptors (Lipinski definition) is 6. The number of carbonyl (C=O) groups excluding carboxylic acids is 1. The van der Waals surface area contributed by atoms with E-state index in [-0.39, 0.29) is 16.8 Å². The zero-order valence-corrected chi connectivity index (χ0v) is 19.1. The molecule has 4 rings (SSSR count). The van der Waals surface area contributed by atoms with E-state index in [0.717, 1.165) is 5.56 Å². The minimum atomic E-state index is -3.79. The molecule has 1 unspecified atom stereocenters. The molecule has 33 heavy (non-hydrogen) atoms. The molecule has 1 atom stereocenters. The second kappa shape index (κ2) is 8.70. The molecule has 0 amide bonds. The number of fused-ring (bicyclic) bond motifs is 1. The number of ketones is 1. The standard InChI is InChI=1S/C23H22FN5O3S/c1-4-13(2)33(31,32)29-20-7-5-6-17(21(20)24)22(30)19-12-28-23-18(19)8-15(9-27-23)16-10-25-14(3)26-11-16/h5-13,29H,4H2,1-3H3,(H,27,28). The molecule has 10 heteroatoms. The van der Waals surface area contributed by atoms with Gasteiger partial charge in [-0.05, 0) is 38.5 Å². The van der Waals surface area contributed by atoms with Crippen LogP contribution in [0.3, 0.4) is 0 Å². The number of nitrogens with zero attached hydrogens (tertiary/aromatic N) is 3. The first kappa shape index (κ1) is 22.5. The average Bonchev–Trinajstić information content (AvgIpc) is 3.23. The van der Waals surface area contributed by atoms with E-state index in [4.69, 9.17) is 0 Å². The number of aromatic nitrogens is 4. The molecule has 0 aliphatic carbocycles. The SMILES string of the molecule is CCC(C)S(=O)(=O)Nc1cccc(C(=O)c2c[nH]c3ncc(-c4cnc(C)nc4)cc23)c1F. The van der Waals surface area contributed by atoms with E-state index in [1.807, 2.05) is 0 Å². The van der Waals surface area contributed by atoms with E-state index in [2.05, 4.69) is 24.7 Å². The Kier molecular flexibility index (Phi) is 5.94. The fourth-order valence-electron chi connectivity index (χ4n) is 3.30. The molecular weight excluding hydrogens is 445 g/mol. The topological polar surface area (TPSA) is 118 Å². The highest BCUT2D eigenvalue weighted by Crippen LogP contribution is 2.28. The number of rotatable bonds is 7. The molecule has 0 aliphatic rings. The monoisotopic (exact) mass is 467 g/mol. The number of benzene rings is 1. The van der Waals surface area contributed by atoms with Crippen LogP contribution >= 0.6 is 0 Å². The molecule has 0 fully saturated rings. The van der Waals surface area contributed by atoms with Crippen molar-refractivity contribution in [1.29, 1.82) is 0 Å². The van der Waals surface area contributed by atoms with E-state index in [9.17, 15) is 13.2 Å². The van der Waals surface area contributed by atoms with Crippen molar-refractivity contribution >= 4 is 32.5 Å². The average molecular weight is 468 g/mol. The van der Waals surface area contributed by atoms with Crippen molar-refractivity contribution in [2.24, 2.45) is 0 Å². The quantitative estimate of drug-likeness (QED) is 0.393. The fraction of sp³-hybridized carbons (Fsp3) is 0.217. The molecule has 3 aromatic heterocycles. The van der Waals surface area contributed by atoms with Gasteiger partial charge in [0.25, 0.3) is 0 Å². The maximum Gasteiger partial charge on any atom is 0.235 e. The fourth-order valence-corrected chi connectivity index (χ4v) is 4.40. The molecule has 170 valence electrons. The summed E-state index contributed by atoms with van der Waals surface area (Å²) in [7, 11) is -3.79. The summed E-state index contributed by atoms with van der Waals surface area (Å²) in [6.45, 7) is 5.03. The second-order valence-electron chi connectivity index (χ2n) is 7.70. The third kappa shape index (κ3) is 4.34. The highest BCUT2D eigenvalue weighted by Gasteiger charge is 2.24. The number of aryl methyl sites for hydroxylation is 1. The Hall–Kier alpha value is -3.66. The van der Waals surface area contributed by atoms with Crippen LogP contribution in [0.25, 0.3) is 22.2 Å². The van der Waals surface area contributed by atoms with Crippen molar-refractivity contribution in [3.63, 3.8) is 0 Å². The molecule has 0 saturated carbocycles. The summed E-state index contributed by atoms with van der Waals surface area (Å²) in [4.78, 5) is 28.9. The Morgan fingerprint density at radius 1 is 1.12 bits per heavy atom. The zero-order chi connectivity index (χ0) is 23.8. The van der Waals surface area contributed by atoms with Crippen LogP contribution in [0.1, 0.15) is 42.0 Å². The van der Waals surface area contributed by atoms with Gasteiger partial charge in [-0.3, -0.25) is 9.52 Å². The molecule has 0 saturated heterocycles. The molecule has 0 radical (unpaired) electrons. The highest BCUT2D eigenvalue weighted by molar-refractivity contribution is 7.93. The van der Waals surface area contributed by atoms with Crippen molar-refractivity contribution in [3.05, 3.63) is 71.8 Å². The number of sulfonamides is 1. The van der Waals surface area contributed by atoms with Gasteiger partial charge in [-0.15, -0.1) is 0 Å². The molecule has 3 heterocycles. The van der Waals surface area contributed by atoms with E-state index in [1.54, 1.807) is 38.5 Å². The van der Waals surface area contributed by atoms with Crippen LogP contribution < -0.4 is 4.72 Å². The van der Waals surface area contributed by atoms with Crippen molar-refractivity contribution in [3.8, 4) is 11.1 Å². The predicted octanol–water partition coefficient (Wildman–Crippen LogP) is 4.24. The summed E-state index contributed by atoms with van der Waals surface area (Å²) in [5.74, 6) is -0.896. The molecule has 0 aliphatic heterocycles. The van der Waals surface area contributed by atoms with Gasteiger partial charge in [0.2, 0.25) is 10.0 Å². The molecule has 4 aromatic rings. The smallest absolute Gasteiger partial charge is 0.235 e. The summed E-state index contributed by atoms with van der Waals surface area (Å²) in [5.41, 5.74) is 1.59. The summed E-state index contributed by atoms with van der Waals surface area (Å²) < 4.78 is 42.2. The van der Waals surface area contributed by atoms with Gasteiger partial charge >= 0.3 is 0 Å². The van der Waals surface area contributed by atoms with Crippen LogP contribution in [0.4, 0.5) is 10.1 Å². The molecular formula is C23H22FN5O3S. The Morgan fingerprint density at radius 3 is 2.52 bits per heavy atom. The number of nitrogens with one attached hydrogen (secondary N) is 2. The number of carbonyl (C=O) groups is 1. The van der Waals surface area contributed by atoms with Crippen molar-refractivity contribution in [2.45, 2.75) is 32.4 Å². The van der Waals surface area contributed by atoms with E-state index < -0.39 is 26.9 Å². The van der Waals surface area contributed by atoms with E-state index in [0.29, 0.717) is 28.8 Å². The van der Waals surface area contributed by atoms with E-state index >= 15 is 4.39 Å². The van der Waals surface area contributed by atoms with Crippen molar-refractivity contribution in [2.75, 3.05) is 4.72 Å². The lowest BCUT2D eigenvalue weighted by Gasteiger charge is -2.14. The van der Waals surface area contributed by atoms with Crippen molar-refractivity contribution < 1.29 is 17.6 Å². The molecule has 0 spiro atoms. The number of halogens is 1. The lowest BCUT2D eigenvalue weighted by atomic mass is 10.0. The van der Waals surface area contributed by atoms with Crippen LogP contribution in [0.15, 0.2) is 49.1 Å². The largest absolute Gasteiger partial charge is 0.345 e. The van der Waals surface area contributed by atoms with Gasteiger partial charge in [0.15, 0.2) is 11.6 Å². The Labute approximate surface area is 190 Å². The normalized spacial score (nSPS) is 12.6. The van der Waals surface area contributed by atoms with Crippen LogP contribution in [-0.2, 0) is 10.0 Å². The van der Waals surface area contributed by atoms with Crippen LogP contribution in [0, 0.1) is 12.7 Å². The molecule has 2 N–H and O–H groups in total. The summed E-state index contributed by atoms with van der Waals surface area (Å²) in [6, 6.07) is 5.81. The van der Waals surface area contributed by atoms with Crippen LogP contribution in [0.5, 0.6) is 0 Å². The number of anilines is 1. The van der Waals surface area contributed by atoms with Crippen LogP contribution in [-0.4, -0.2) is 39.4 Å². The number of aromatic amines is 1. The molecule has 8 nitrogen and oxygen atoms in total. The van der Waals surface area contributed by atoms with Gasteiger partial charge in [0.1, 0.15) is 11.5 Å². The lowest BCUT2D eigenvalue weighted by molar-refractivity contribution is 0.103. The Bertz CT molecular complexity index is 1450. The summed E-state index contributed by atoms with van der Waals surface area (Å²) in [6.07, 6.45) is 6.78. The van der Waals surface area contributed by atoms with Gasteiger partial charge < -0.3 is 4.98 Å². The first-order chi connectivity index (χ1) is 15.7. The van der Waals surface area contributed by atoms with Gasteiger partial charge in [-0.25, -0.2) is 27.8 Å². The lowest BCUT2D eigenvalue weighted by Crippen LogP contribution is -2.25. The van der Waals surface area contributed by atoms with E-state index in [1.165, 1.54) is 31.3 Å². The number of pyridine rings is 1.